The second kappa shape index (κ2) is 6.98. The lowest BCUT2D eigenvalue weighted by Gasteiger charge is -2.27. The molecule has 1 heterocycles. The summed E-state index contributed by atoms with van der Waals surface area (Å²) >= 11 is 0. The Kier molecular flexibility index (Phi) is 5.04. The third kappa shape index (κ3) is 3.53. The molecule has 1 aliphatic heterocycles. The van der Waals surface area contributed by atoms with E-state index < -0.39 is 0 Å². The monoisotopic (exact) mass is 275 g/mol. The molecule has 0 aromatic heterocycles. The smallest absolute Gasteiger partial charge is 0.292 e. The number of carbonyl (C=O) groups is 1. The molecule has 2 rings (SSSR count). The molecular weight excluding hydrogens is 254 g/mol. The van der Waals surface area contributed by atoms with E-state index in [9.17, 15) is 4.79 Å². The number of ether oxygens (including phenoxy) is 2. The van der Waals surface area contributed by atoms with Crippen LogP contribution in [0.1, 0.15) is 24.8 Å². The summed E-state index contributed by atoms with van der Waals surface area (Å²) in [5.74, 6) is 0.819. The first-order chi connectivity index (χ1) is 9.72. The highest BCUT2D eigenvalue weighted by atomic mass is 16.5. The fourth-order valence-corrected chi connectivity index (χ4v) is 2.27. The summed E-state index contributed by atoms with van der Waals surface area (Å²) in [5.41, 5.74) is 0.987. The second-order valence-corrected chi connectivity index (χ2v) is 4.94. The van der Waals surface area contributed by atoms with Crippen molar-refractivity contribution in [2.45, 2.75) is 26.2 Å². The van der Waals surface area contributed by atoms with Gasteiger partial charge >= 0.3 is 0 Å². The first kappa shape index (κ1) is 14.4. The normalized spacial score (nSPS) is 15.9. The number of para-hydroxylation sites is 1. The summed E-state index contributed by atoms with van der Waals surface area (Å²) in [5, 5.41) is 0. The van der Waals surface area contributed by atoms with Gasteiger partial charge in [-0.2, -0.15) is 0 Å². The number of carbonyl (C=O) groups excluding carboxylic acids is 1. The van der Waals surface area contributed by atoms with Crippen molar-refractivity contribution in [3.8, 4) is 5.75 Å². The van der Waals surface area contributed by atoms with Crippen LogP contribution < -0.4 is 4.74 Å². The van der Waals surface area contributed by atoms with E-state index in [1.165, 1.54) is 19.8 Å². The summed E-state index contributed by atoms with van der Waals surface area (Å²) in [6.07, 6.45) is 4.67. The molecular formula is C16H21NO3. The third-order valence-electron chi connectivity index (χ3n) is 3.39. The van der Waals surface area contributed by atoms with E-state index in [4.69, 9.17) is 9.47 Å². The third-order valence-corrected chi connectivity index (χ3v) is 3.39. The highest BCUT2D eigenvalue weighted by Gasteiger charge is 2.22. The number of rotatable bonds is 4. The number of amides is 1. The first-order valence-corrected chi connectivity index (χ1v) is 6.98. The van der Waals surface area contributed by atoms with Crippen LogP contribution in [0, 0.1) is 6.92 Å². The van der Waals surface area contributed by atoms with Gasteiger partial charge in [-0.1, -0.05) is 18.2 Å². The maximum absolute atomic E-state index is 12.5. The van der Waals surface area contributed by atoms with Crippen molar-refractivity contribution in [1.29, 1.82) is 0 Å². The number of benzene rings is 1. The van der Waals surface area contributed by atoms with E-state index in [0.717, 1.165) is 31.5 Å². The zero-order valence-corrected chi connectivity index (χ0v) is 12.1. The lowest BCUT2D eigenvalue weighted by atomic mass is 10.1. The molecule has 0 spiro atoms. The molecule has 1 aliphatic rings. The van der Waals surface area contributed by atoms with E-state index in [2.05, 4.69) is 0 Å². The Bertz CT molecular complexity index is 490. The van der Waals surface area contributed by atoms with Gasteiger partial charge in [-0.25, -0.2) is 0 Å². The maximum Gasteiger partial charge on any atom is 0.292 e. The van der Waals surface area contributed by atoms with Crippen molar-refractivity contribution < 1.29 is 14.3 Å². The van der Waals surface area contributed by atoms with E-state index in [-0.39, 0.29) is 11.7 Å². The van der Waals surface area contributed by atoms with E-state index in [1.807, 2.05) is 36.1 Å². The highest BCUT2D eigenvalue weighted by molar-refractivity contribution is 5.91. The number of hydrogen-bond donors (Lipinski definition) is 0. The summed E-state index contributed by atoms with van der Waals surface area (Å²) in [4.78, 5) is 14.3. The maximum atomic E-state index is 12.5. The Balaban J connectivity index is 2.13. The van der Waals surface area contributed by atoms with Crippen molar-refractivity contribution in [3.63, 3.8) is 0 Å². The zero-order chi connectivity index (χ0) is 14.4. The van der Waals surface area contributed by atoms with E-state index in [1.54, 1.807) is 0 Å². The van der Waals surface area contributed by atoms with Gasteiger partial charge in [-0.3, -0.25) is 4.79 Å². The van der Waals surface area contributed by atoms with Crippen molar-refractivity contribution in [2.75, 3.05) is 20.2 Å². The first-order valence-electron chi connectivity index (χ1n) is 6.98. The van der Waals surface area contributed by atoms with Crippen LogP contribution in [-0.4, -0.2) is 31.0 Å². The van der Waals surface area contributed by atoms with Crippen LogP contribution in [0.5, 0.6) is 5.75 Å². The van der Waals surface area contributed by atoms with Gasteiger partial charge in [0.1, 0.15) is 12.0 Å². The van der Waals surface area contributed by atoms with Crippen molar-refractivity contribution in [2.24, 2.45) is 0 Å². The number of aryl methyl sites for hydroxylation is 1. The molecule has 0 saturated carbocycles. The lowest BCUT2D eigenvalue weighted by Crippen LogP contribution is -2.37. The van der Waals surface area contributed by atoms with Crippen LogP contribution in [0.4, 0.5) is 0 Å². The summed E-state index contributed by atoms with van der Waals surface area (Å²) in [6.45, 7) is 3.53. The quantitative estimate of drug-likeness (QED) is 0.626. The molecule has 1 saturated heterocycles. The highest BCUT2D eigenvalue weighted by Crippen LogP contribution is 2.21. The molecule has 1 aromatic rings. The number of methoxy groups -OCH3 is 1. The Hall–Kier alpha value is -1.97. The Morgan fingerprint density at radius 2 is 1.90 bits per heavy atom. The average molecular weight is 275 g/mol. The van der Waals surface area contributed by atoms with Crippen LogP contribution in [0.25, 0.3) is 0 Å². The summed E-state index contributed by atoms with van der Waals surface area (Å²) < 4.78 is 10.7. The lowest BCUT2D eigenvalue weighted by molar-refractivity contribution is -0.130. The molecule has 0 aliphatic carbocycles. The van der Waals surface area contributed by atoms with E-state index in [0.29, 0.717) is 5.75 Å². The Labute approximate surface area is 120 Å². The zero-order valence-electron chi connectivity index (χ0n) is 12.1. The molecule has 0 unspecified atom stereocenters. The van der Waals surface area contributed by atoms with Crippen molar-refractivity contribution in [1.82, 2.24) is 4.90 Å². The fraction of sp³-hybridized carbons (Fsp3) is 0.438. The number of nitrogens with zero attached hydrogens (tertiary/aromatic N) is 1. The van der Waals surface area contributed by atoms with Gasteiger partial charge in [0.2, 0.25) is 5.76 Å². The molecule has 0 N–H and O–H groups in total. The molecule has 1 amide bonds. The van der Waals surface area contributed by atoms with Gasteiger partial charge in [-0.15, -0.1) is 0 Å². The molecule has 0 bridgehead atoms. The summed E-state index contributed by atoms with van der Waals surface area (Å²) in [6, 6.07) is 7.62. The van der Waals surface area contributed by atoms with Gasteiger partial charge in [-0.05, 0) is 37.8 Å². The predicted molar refractivity (Wildman–Crippen MR) is 77.3 cm³/mol. The van der Waals surface area contributed by atoms with Crippen molar-refractivity contribution >= 4 is 5.91 Å². The standard InChI is InChI=1S/C16H21NO3/c1-13-8-4-5-9-14(13)20-15(12-19-2)16(18)17-10-6-3-7-11-17/h4-5,8-9,12H,3,6-7,10-11H2,1-2H3/b15-12-. The van der Waals surface area contributed by atoms with Crippen LogP contribution in [0.2, 0.25) is 0 Å². The Morgan fingerprint density at radius 3 is 2.55 bits per heavy atom. The molecule has 4 nitrogen and oxygen atoms in total. The minimum Gasteiger partial charge on any atom is -0.500 e. The van der Waals surface area contributed by atoms with Crippen LogP contribution in [0.3, 0.4) is 0 Å². The Morgan fingerprint density at radius 1 is 1.20 bits per heavy atom. The molecule has 0 atom stereocenters. The topological polar surface area (TPSA) is 38.8 Å². The van der Waals surface area contributed by atoms with Gasteiger partial charge in [0, 0.05) is 13.1 Å². The van der Waals surface area contributed by atoms with Gasteiger partial charge in [0.15, 0.2) is 0 Å². The molecule has 1 aromatic carbocycles. The SMILES string of the molecule is CO/C=C(\Oc1ccccc1C)C(=O)N1CCCCC1. The largest absolute Gasteiger partial charge is 0.500 e. The summed E-state index contributed by atoms with van der Waals surface area (Å²) in [7, 11) is 1.52. The second-order valence-electron chi connectivity index (χ2n) is 4.94. The number of piperidine rings is 1. The van der Waals surface area contributed by atoms with Gasteiger partial charge < -0.3 is 14.4 Å². The molecule has 4 heteroatoms. The molecule has 20 heavy (non-hydrogen) atoms. The minimum absolute atomic E-state index is 0.102. The minimum atomic E-state index is -0.102. The van der Waals surface area contributed by atoms with Crippen LogP contribution >= 0.6 is 0 Å². The van der Waals surface area contributed by atoms with Gasteiger partial charge in [0.25, 0.3) is 5.91 Å². The average Bonchev–Trinajstić information content (AvgIpc) is 2.49. The molecule has 108 valence electrons. The van der Waals surface area contributed by atoms with Crippen LogP contribution in [0.15, 0.2) is 36.3 Å². The number of likely N-dealkylation sites (tertiary alicyclic amines) is 1. The predicted octanol–water partition coefficient (Wildman–Crippen LogP) is 2.87. The van der Waals surface area contributed by atoms with Crippen LogP contribution in [-0.2, 0) is 9.53 Å². The van der Waals surface area contributed by atoms with Crippen molar-refractivity contribution in [3.05, 3.63) is 41.9 Å². The molecule has 0 radical (unpaired) electrons. The number of hydrogen-bond acceptors (Lipinski definition) is 3. The van der Waals surface area contributed by atoms with E-state index >= 15 is 0 Å². The fourth-order valence-electron chi connectivity index (χ4n) is 2.27. The van der Waals surface area contributed by atoms with Gasteiger partial charge in [0.05, 0.1) is 7.11 Å². The molecule has 1 fully saturated rings.